The lowest BCUT2D eigenvalue weighted by molar-refractivity contribution is -0.120. The quantitative estimate of drug-likeness (QED) is 0.465. The van der Waals surface area contributed by atoms with Crippen molar-refractivity contribution < 1.29 is 4.79 Å². The molecule has 1 fully saturated rings. The Morgan fingerprint density at radius 1 is 1.09 bits per heavy atom. The van der Waals surface area contributed by atoms with Gasteiger partial charge in [-0.05, 0) is 57.4 Å². The van der Waals surface area contributed by atoms with Crippen LogP contribution in [0.4, 0.5) is 10.8 Å². The van der Waals surface area contributed by atoms with Crippen LogP contribution >= 0.6 is 11.3 Å². The lowest BCUT2D eigenvalue weighted by Gasteiger charge is -2.31. The van der Waals surface area contributed by atoms with Gasteiger partial charge < -0.3 is 10.2 Å². The van der Waals surface area contributed by atoms with Crippen molar-refractivity contribution in [2.45, 2.75) is 33.6 Å². The zero-order chi connectivity index (χ0) is 22.2. The maximum absolute atomic E-state index is 13.0. The first-order valence-corrected chi connectivity index (χ1v) is 11.9. The van der Waals surface area contributed by atoms with Crippen molar-refractivity contribution in [3.05, 3.63) is 65.4 Å². The summed E-state index contributed by atoms with van der Waals surface area (Å²) in [7, 11) is 0. The highest BCUT2D eigenvalue weighted by Gasteiger charge is 2.28. The van der Waals surface area contributed by atoms with E-state index in [-0.39, 0.29) is 11.8 Å². The van der Waals surface area contributed by atoms with E-state index in [0.717, 1.165) is 57.5 Å². The molecule has 0 bridgehead atoms. The lowest BCUT2D eigenvalue weighted by Crippen LogP contribution is -2.40. The van der Waals surface area contributed by atoms with Crippen LogP contribution in [0.3, 0.4) is 0 Å². The Balaban J connectivity index is 1.38. The Morgan fingerprint density at radius 2 is 1.88 bits per heavy atom. The number of thiazole rings is 1. The number of anilines is 2. The number of benzene rings is 2. The summed E-state index contributed by atoms with van der Waals surface area (Å²) in [5.41, 5.74) is 6.07. The fourth-order valence-electron chi connectivity index (χ4n) is 4.24. The van der Waals surface area contributed by atoms with Crippen LogP contribution in [-0.2, 0) is 4.79 Å². The number of hydrogen-bond acceptors (Lipinski definition) is 5. The largest absolute Gasteiger partial charge is 0.347 e. The molecule has 1 aliphatic rings. The van der Waals surface area contributed by atoms with Crippen LogP contribution in [0, 0.1) is 26.7 Å². The van der Waals surface area contributed by atoms with Gasteiger partial charge in [-0.1, -0.05) is 47.2 Å². The fraction of sp³-hybridized carbons (Fsp3) is 0.320. The third-order valence-corrected chi connectivity index (χ3v) is 7.34. The molecule has 0 unspecified atom stereocenters. The summed E-state index contributed by atoms with van der Waals surface area (Å²) in [6, 6.07) is 16.3. The monoisotopic (exact) mass is 445 g/mol. The van der Waals surface area contributed by atoms with E-state index in [1.54, 1.807) is 11.3 Å². The minimum atomic E-state index is -0.0509. The Labute approximate surface area is 191 Å². The summed E-state index contributed by atoms with van der Waals surface area (Å²) >= 11 is 1.67. The van der Waals surface area contributed by atoms with E-state index < -0.39 is 0 Å². The molecule has 0 aliphatic carbocycles. The molecule has 32 heavy (non-hydrogen) atoms. The number of rotatable bonds is 4. The van der Waals surface area contributed by atoms with Crippen LogP contribution in [-0.4, -0.2) is 33.8 Å². The van der Waals surface area contributed by atoms with Gasteiger partial charge in [0.05, 0.1) is 22.0 Å². The molecule has 2 aromatic carbocycles. The molecule has 164 valence electrons. The molecule has 0 spiro atoms. The molecule has 1 atom stereocenters. The second-order valence-electron chi connectivity index (χ2n) is 8.57. The minimum Gasteiger partial charge on any atom is -0.347 e. The number of para-hydroxylation sites is 1. The van der Waals surface area contributed by atoms with Crippen LogP contribution < -0.4 is 10.2 Å². The maximum Gasteiger partial charge on any atom is 0.229 e. The van der Waals surface area contributed by atoms with Crippen molar-refractivity contribution in [1.29, 1.82) is 0 Å². The van der Waals surface area contributed by atoms with E-state index in [1.165, 1.54) is 5.56 Å². The number of aromatic nitrogens is 3. The third-order valence-electron chi connectivity index (χ3n) is 6.12. The predicted octanol–water partition coefficient (Wildman–Crippen LogP) is 5.26. The van der Waals surface area contributed by atoms with Gasteiger partial charge in [0.2, 0.25) is 5.91 Å². The SMILES string of the molecule is Cc1ccc(-n2nc(C)c3sc(N4CCC[C@H](C(=O)Nc5ccccc5C)C4)nc32)cc1. The molecule has 7 heteroatoms. The summed E-state index contributed by atoms with van der Waals surface area (Å²) in [5.74, 6) is 0.0391. The first-order chi connectivity index (χ1) is 15.5. The van der Waals surface area contributed by atoms with Crippen molar-refractivity contribution in [3.8, 4) is 5.69 Å². The smallest absolute Gasteiger partial charge is 0.229 e. The van der Waals surface area contributed by atoms with Gasteiger partial charge >= 0.3 is 0 Å². The number of carbonyl (C=O) groups excluding carboxylic acids is 1. The Kier molecular flexibility index (Phi) is 5.43. The minimum absolute atomic E-state index is 0.0509. The van der Waals surface area contributed by atoms with Gasteiger partial charge in [-0.3, -0.25) is 4.79 Å². The lowest BCUT2D eigenvalue weighted by atomic mass is 9.97. The molecular formula is C25H27N5OS. The van der Waals surface area contributed by atoms with Gasteiger partial charge in [0, 0.05) is 18.8 Å². The van der Waals surface area contributed by atoms with Gasteiger partial charge in [-0.2, -0.15) is 10.1 Å². The summed E-state index contributed by atoms with van der Waals surface area (Å²) in [6.45, 7) is 7.73. The topological polar surface area (TPSA) is 63.1 Å². The molecule has 4 aromatic rings. The summed E-state index contributed by atoms with van der Waals surface area (Å²) in [4.78, 5) is 20.2. The van der Waals surface area contributed by atoms with E-state index in [0.29, 0.717) is 6.54 Å². The number of hydrogen-bond donors (Lipinski definition) is 1. The van der Waals surface area contributed by atoms with E-state index in [9.17, 15) is 4.79 Å². The van der Waals surface area contributed by atoms with Gasteiger partial charge in [-0.15, -0.1) is 0 Å². The predicted molar refractivity (Wildman–Crippen MR) is 131 cm³/mol. The Bertz CT molecular complexity index is 1270. The Hall–Kier alpha value is -3.19. The second kappa shape index (κ2) is 8.39. The van der Waals surface area contributed by atoms with Crippen LogP contribution in [0.25, 0.3) is 16.0 Å². The molecule has 5 rings (SSSR count). The molecular weight excluding hydrogens is 418 g/mol. The highest BCUT2D eigenvalue weighted by Crippen LogP contribution is 2.34. The number of fused-ring (bicyclic) bond motifs is 1. The Morgan fingerprint density at radius 3 is 2.66 bits per heavy atom. The van der Waals surface area contributed by atoms with Crippen molar-refractivity contribution in [3.63, 3.8) is 0 Å². The molecule has 1 saturated heterocycles. The van der Waals surface area contributed by atoms with E-state index in [4.69, 9.17) is 10.1 Å². The number of aryl methyl sites for hydroxylation is 3. The normalized spacial score (nSPS) is 16.5. The molecule has 1 N–H and O–H groups in total. The van der Waals surface area contributed by atoms with Crippen LogP contribution in [0.1, 0.15) is 29.7 Å². The molecule has 2 aromatic heterocycles. The number of nitrogens with one attached hydrogen (secondary N) is 1. The highest BCUT2D eigenvalue weighted by atomic mass is 32.1. The molecule has 1 amide bonds. The van der Waals surface area contributed by atoms with Crippen molar-refractivity contribution in [1.82, 2.24) is 14.8 Å². The number of piperidine rings is 1. The molecule has 6 nitrogen and oxygen atoms in total. The maximum atomic E-state index is 13.0. The second-order valence-corrected chi connectivity index (χ2v) is 9.55. The van der Waals surface area contributed by atoms with E-state index in [2.05, 4.69) is 41.4 Å². The van der Waals surface area contributed by atoms with Gasteiger partial charge in [-0.25, -0.2) is 4.68 Å². The first-order valence-electron chi connectivity index (χ1n) is 11.0. The van der Waals surface area contributed by atoms with Crippen molar-refractivity contribution in [2.24, 2.45) is 5.92 Å². The first kappa shape index (κ1) is 20.7. The van der Waals surface area contributed by atoms with Gasteiger partial charge in [0.25, 0.3) is 0 Å². The molecule has 0 saturated carbocycles. The highest BCUT2D eigenvalue weighted by molar-refractivity contribution is 7.22. The molecule has 0 radical (unpaired) electrons. The van der Waals surface area contributed by atoms with Crippen LogP contribution in [0.2, 0.25) is 0 Å². The van der Waals surface area contributed by atoms with E-state index in [1.807, 2.05) is 42.8 Å². The summed E-state index contributed by atoms with van der Waals surface area (Å²) in [5, 5.41) is 8.80. The van der Waals surface area contributed by atoms with Crippen LogP contribution in [0.5, 0.6) is 0 Å². The molecule has 1 aliphatic heterocycles. The van der Waals surface area contributed by atoms with Crippen molar-refractivity contribution in [2.75, 3.05) is 23.3 Å². The van der Waals surface area contributed by atoms with E-state index >= 15 is 0 Å². The summed E-state index contributed by atoms with van der Waals surface area (Å²) < 4.78 is 3.03. The zero-order valence-corrected chi connectivity index (χ0v) is 19.4. The van der Waals surface area contributed by atoms with Crippen molar-refractivity contribution >= 4 is 38.4 Å². The number of amides is 1. The zero-order valence-electron chi connectivity index (χ0n) is 18.6. The van der Waals surface area contributed by atoms with Gasteiger partial charge in [0.1, 0.15) is 0 Å². The number of nitrogens with zero attached hydrogens (tertiary/aromatic N) is 4. The average molecular weight is 446 g/mol. The van der Waals surface area contributed by atoms with Crippen LogP contribution in [0.15, 0.2) is 48.5 Å². The number of carbonyl (C=O) groups is 1. The average Bonchev–Trinajstić information content (AvgIpc) is 3.37. The molecule has 3 heterocycles. The fourth-order valence-corrected chi connectivity index (χ4v) is 5.26. The summed E-state index contributed by atoms with van der Waals surface area (Å²) in [6.07, 6.45) is 1.88. The standard InChI is InChI=1S/C25H27N5OS/c1-16-10-12-20(13-11-16)30-23-22(18(3)28-30)32-25(27-23)29-14-6-8-19(15-29)24(31)26-21-9-5-4-7-17(21)2/h4-5,7,9-13,19H,6,8,14-15H2,1-3H3,(H,26,31)/t19-/m0/s1. The van der Waals surface area contributed by atoms with Gasteiger partial charge in [0.15, 0.2) is 10.8 Å². The third kappa shape index (κ3) is 3.88.